The van der Waals surface area contributed by atoms with E-state index in [0.717, 1.165) is 16.4 Å². The molecule has 1 rings (SSSR count). The number of hydrogen-bond acceptors (Lipinski definition) is 7. The van der Waals surface area contributed by atoms with Gasteiger partial charge in [0.1, 0.15) is 19.2 Å². The quantitative estimate of drug-likeness (QED) is 0.726. The van der Waals surface area contributed by atoms with Gasteiger partial charge in [0.2, 0.25) is 5.13 Å². The minimum absolute atomic E-state index is 0.249. The Hall–Kier alpha value is -1.74. The molecular formula is C9H13N3O5S. The molecule has 0 fully saturated rings. The molecule has 1 aromatic heterocycles. The summed E-state index contributed by atoms with van der Waals surface area (Å²) in [5, 5.41) is 17.7. The molecule has 0 aromatic carbocycles. The zero-order chi connectivity index (χ0) is 13.7. The number of anilines is 1. The van der Waals surface area contributed by atoms with Crippen LogP contribution in [-0.2, 0) is 14.3 Å². The Bertz CT molecular complexity index is 420. The summed E-state index contributed by atoms with van der Waals surface area (Å²) < 4.78 is 9.02. The maximum absolute atomic E-state index is 10.7. The molecule has 100 valence electrons. The molecule has 0 radical (unpaired) electrons. The van der Waals surface area contributed by atoms with E-state index in [1.54, 1.807) is 6.92 Å². The molecule has 9 heteroatoms. The van der Waals surface area contributed by atoms with Gasteiger partial charge in [0.15, 0.2) is 5.82 Å². The van der Waals surface area contributed by atoms with Crippen LogP contribution in [0, 0.1) is 0 Å². The van der Waals surface area contributed by atoms with E-state index in [0.29, 0.717) is 5.82 Å². The van der Waals surface area contributed by atoms with E-state index in [2.05, 4.69) is 9.36 Å². The summed E-state index contributed by atoms with van der Waals surface area (Å²) in [6.07, 6.45) is -0.327. The number of hydrogen-bond donors (Lipinski definition) is 2. The number of ether oxygens (including phenoxy) is 1. The normalized spacial score (nSPS) is 12.1. The fourth-order valence-corrected chi connectivity index (χ4v) is 1.89. The van der Waals surface area contributed by atoms with Crippen molar-refractivity contribution in [3.8, 4) is 0 Å². The minimum atomic E-state index is -1.13. The van der Waals surface area contributed by atoms with Crippen molar-refractivity contribution in [2.75, 3.05) is 25.1 Å². The highest BCUT2D eigenvalue weighted by Gasteiger charge is 2.20. The average molecular weight is 275 g/mol. The van der Waals surface area contributed by atoms with Gasteiger partial charge >= 0.3 is 11.9 Å². The third-order valence-corrected chi connectivity index (χ3v) is 2.86. The van der Waals surface area contributed by atoms with Gasteiger partial charge in [-0.05, 0) is 6.92 Å². The maximum Gasteiger partial charge on any atom is 0.323 e. The lowest BCUT2D eigenvalue weighted by atomic mass is 10.4. The Labute approximate surface area is 107 Å². The van der Waals surface area contributed by atoms with Crippen LogP contribution in [0.1, 0.15) is 18.9 Å². The highest BCUT2D eigenvalue weighted by atomic mass is 32.1. The van der Waals surface area contributed by atoms with Crippen molar-refractivity contribution in [1.82, 2.24) is 9.36 Å². The first kappa shape index (κ1) is 14.3. The van der Waals surface area contributed by atoms with Gasteiger partial charge in [-0.15, -0.1) is 0 Å². The standard InChI is InChI=1S/C9H13N3O5S/c1-5(17-2)8-10-9(18-11-8)12(3-6(13)14)4-7(15)16/h5H,3-4H2,1-2H3,(H,13,14)(H,15,16). The van der Waals surface area contributed by atoms with Crippen LogP contribution in [0.5, 0.6) is 0 Å². The molecule has 0 aliphatic heterocycles. The van der Waals surface area contributed by atoms with Crippen LogP contribution in [0.15, 0.2) is 0 Å². The maximum atomic E-state index is 10.7. The Kier molecular flexibility index (Phi) is 4.98. The number of aromatic nitrogens is 2. The van der Waals surface area contributed by atoms with E-state index >= 15 is 0 Å². The summed E-state index contributed by atoms with van der Waals surface area (Å²) in [5.41, 5.74) is 0. The topological polar surface area (TPSA) is 113 Å². The monoisotopic (exact) mass is 275 g/mol. The van der Waals surface area contributed by atoms with Gasteiger partial charge in [-0.3, -0.25) is 9.59 Å². The average Bonchev–Trinajstić information content (AvgIpc) is 2.75. The van der Waals surface area contributed by atoms with Gasteiger partial charge in [0.05, 0.1) is 0 Å². The van der Waals surface area contributed by atoms with E-state index in [1.807, 2.05) is 0 Å². The Balaban J connectivity index is 2.87. The Morgan fingerprint density at radius 2 is 1.94 bits per heavy atom. The van der Waals surface area contributed by atoms with Crippen molar-refractivity contribution >= 4 is 28.6 Å². The highest BCUT2D eigenvalue weighted by Crippen LogP contribution is 2.21. The van der Waals surface area contributed by atoms with Crippen LogP contribution in [0.3, 0.4) is 0 Å². The second-order valence-corrected chi connectivity index (χ2v) is 4.19. The second kappa shape index (κ2) is 6.26. The fraction of sp³-hybridized carbons (Fsp3) is 0.556. The molecule has 0 aliphatic rings. The van der Waals surface area contributed by atoms with Crippen LogP contribution in [-0.4, -0.2) is 51.7 Å². The first-order valence-corrected chi connectivity index (χ1v) is 5.76. The van der Waals surface area contributed by atoms with Crippen LogP contribution in [0.4, 0.5) is 5.13 Å². The van der Waals surface area contributed by atoms with Crippen LogP contribution in [0.25, 0.3) is 0 Å². The zero-order valence-electron chi connectivity index (χ0n) is 9.86. The number of rotatable bonds is 7. The fourth-order valence-electron chi connectivity index (χ4n) is 1.14. The third kappa shape index (κ3) is 3.93. The summed E-state index contributed by atoms with van der Waals surface area (Å²) in [7, 11) is 1.50. The van der Waals surface area contributed by atoms with Gasteiger partial charge in [-0.2, -0.15) is 4.37 Å². The largest absolute Gasteiger partial charge is 0.480 e. The molecule has 0 saturated heterocycles. The van der Waals surface area contributed by atoms with E-state index in [1.165, 1.54) is 7.11 Å². The smallest absolute Gasteiger partial charge is 0.323 e. The summed E-state index contributed by atoms with van der Waals surface area (Å²) in [6, 6.07) is 0. The molecule has 0 spiro atoms. The molecule has 0 aliphatic carbocycles. The molecule has 1 heterocycles. The van der Waals surface area contributed by atoms with Crippen LogP contribution < -0.4 is 4.90 Å². The van der Waals surface area contributed by atoms with Crippen molar-refractivity contribution in [1.29, 1.82) is 0 Å². The van der Waals surface area contributed by atoms with E-state index in [4.69, 9.17) is 14.9 Å². The number of carboxylic acid groups (broad SMARTS) is 2. The molecule has 1 unspecified atom stereocenters. The molecule has 0 bridgehead atoms. The summed E-state index contributed by atoms with van der Waals surface area (Å²) in [5.74, 6) is -1.86. The third-order valence-electron chi connectivity index (χ3n) is 2.07. The van der Waals surface area contributed by atoms with Gasteiger partial charge < -0.3 is 19.8 Å². The molecule has 1 aromatic rings. The Morgan fingerprint density at radius 3 is 2.39 bits per heavy atom. The van der Waals surface area contributed by atoms with E-state index in [-0.39, 0.29) is 11.2 Å². The molecule has 18 heavy (non-hydrogen) atoms. The second-order valence-electron chi connectivity index (χ2n) is 3.46. The van der Waals surface area contributed by atoms with E-state index in [9.17, 15) is 9.59 Å². The number of aliphatic carboxylic acids is 2. The van der Waals surface area contributed by atoms with Gasteiger partial charge in [-0.25, -0.2) is 4.98 Å². The highest BCUT2D eigenvalue weighted by molar-refractivity contribution is 7.09. The van der Waals surface area contributed by atoms with Gasteiger partial charge in [0.25, 0.3) is 0 Å². The van der Waals surface area contributed by atoms with Crippen molar-refractivity contribution < 1.29 is 24.5 Å². The molecule has 8 nitrogen and oxygen atoms in total. The zero-order valence-corrected chi connectivity index (χ0v) is 10.7. The lowest BCUT2D eigenvalue weighted by molar-refractivity contribution is -0.136. The predicted octanol–water partition coefficient (Wildman–Crippen LogP) is 0.221. The van der Waals surface area contributed by atoms with Crippen LogP contribution >= 0.6 is 11.5 Å². The predicted molar refractivity (Wildman–Crippen MR) is 62.8 cm³/mol. The lowest BCUT2D eigenvalue weighted by Crippen LogP contribution is -2.34. The minimum Gasteiger partial charge on any atom is -0.480 e. The molecule has 0 amide bonds. The molecule has 1 atom stereocenters. The first-order chi connectivity index (χ1) is 8.43. The summed E-state index contributed by atoms with van der Waals surface area (Å²) in [4.78, 5) is 26.5. The number of carboxylic acids is 2. The molecule has 2 N–H and O–H groups in total. The van der Waals surface area contributed by atoms with Crippen molar-refractivity contribution in [3.63, 3.8) is 0 Å². The Morgan fingerprint density at radius 1 is 1.39 bits per heavy atom. The number of methoxy groups -OCH3 is 1. The van der Waals surface area contributed by atoms with Crippen molar-refractivity contribution in [3.05, 3.63) is 5.82 Å². The SMILES string of the molecule is COC(C)c1nsc(N(CC(=O)O)CC(=O)O)n1. The summed E-state index contributed by atoms with van der Waals surface area (Å²) in [6.45, 7) is 0.856. The summed E-state index contributed by atoms with van der Waals surface area (Å²) >= 11 is 0.943. The first-order valence-electron chi connectivity index (χ1n) is 4.99. The van der Waals surface area contributed by atoms with E-state index < -0.39 is 25.0 Å². The van der Waals surface area contributed by atoms with Gasteiger partial charge in [-0.1, -0.05) is 0 Å². The molecular weight excluding hydrogens is 262 g/mol. The van der Waals surface area contributed by atoms with Crippen LogP contribution in [0.2, 0.25) is 0 Å². The van der Waals surface area contributed by atoms with Crippen molar-refractivity contribution in [2.24, 2.45) is 0 Å². The molecule has 0 saturated carbocycles. The number of nitrogens with zero attached hydrogens (tertiary/aromatic N) is 3. The van der Waals surface area contributed by atoms with Gasteiger partial charge in [0, 0.05) is 18.6 Å². The lowest BCUT2D eigenvalue weighted by Gasteiger charge is -2.16. The van der Waals surface area contributed by atoms with Crippen molar-refractivity contribution in [2.45, 2.75) is 13.0 Å². The number of carbonyl (C=O) groups is 2.